The van der Waals surface area contributed by atoms with Crippen LogP contribution in [0.15, 0.2) is 42.5 Å². The number of allylic oxidation sites excluding steroid dienone is 1. The lowest BCUT2D eigenvalue weighted by Crippen LogP contribution is -2.45. The zero-order valence-electron chi connectivity index (χ0n) is 25.3. The van der Waals surface area contributed by atoms with E-state index >= 15 is 0 Å². The summed E-state index contributed by atoms with van der Waals surface area (Å²) in [5.74, 6) is -0.401. The molecule has 1 amide bonds. The van der Waals surface area contributed by atoms with Gasteiger partial charge in [0.2, 0.25) is 5.91 Å². The third-order valence-electron chi connectivity index (χ3n) is 8.39. The van der Waals surface area contributed by atoms with Crippen LogP contribution in [0.5, 0.6) is 11.5 Å². The Labute approximate surface area is 239 Å². The highest BCUT2D eigenvalue weighted by atomic mass is 28.4. The van der Waals surface area contributed by atoms with Gasteiger partial charge in [-0.1, -0.05) is 53.7 Å². The molecular weight excluding hydrogens is 541 g/mol. The molecule has 10 heteroatoms. The van der Waals surface area contributed by atoms with E-state index < -0.39 is 33.4 Å². The highest BCUT2D eigenvalue weighted by molar-refractivity contribution is 6.75. The average molecular weight is 583 g/mol. The van der Waals surface area contributed by atoms with Crippen LogP contribution in [-0.2, 0) is 16.0 Å². The standard InChI is InChI=1S/C30H42N2O6Si2/c1-29(2,3)39(7,8)37-26-16-12-20(17-27(26)38-40(9,10)30(4,5)6)11-15-25(33)23-19-21-18-22(32(35)36)13-14-24(21)31-28(23)34/h11-18,23H,19H2,1-10H3,(H,31,34). The molecule has 1 N–H and O–H groups in total. The molecule has 1 atom stereocenters. The van der Waals surface area contributed by atoms with Crippen molar-refractivity contribution >= 4 is 45.8 Å². The number of carbonyl (C=O) groups excluding carboxylic acids is 2. The van der Waals surface area contributed by atoms with Crippen molar-refractivity contribution in [2.45, 2.75) is 84.2 Å². The topological polar surface area (TPSA) is 108 Å². The molecular formula is C30H42N2O6Si2. The van der Waals surface area contributed by atoms with E-state index in [0.717, 1.165) is 5.56 Å². The van der Waals surface area contributed by atoms with Crippen LogP contribution in [0.25, 0.3) is 6.08 Å². The number of hydrogen-bond acceptors (Lipinski definition) is 6. The summed E-state index contributed by atoms with van der Waals surface area (Å²) in [6.07, 6.45) is 3.17. The molecule has 0 spiro atoms. The minimum atomic E-state index is -2.20. The Morgan fingerprint density at radius 3 is 2.08 bits per heavy atom. The van der Waals surface area contributed by atoms with Gasteiger partial charge in [-0.05, 0) is 78.1 Å². The molecule has 2 aromatic rings. The van der Waals surface area contributed by atoms with Crippen molar-refractivity contribution in [2.24, 2.45) is 5.92 Å². The van der Waals surface area contributed by atoms with E-state index in [9.17, 15) is 19.7 Å². The van der Waals surface area contributed by atoms with Crippen LogP contribution >= 0.6 is 0 Å². The van der Waals surface area contributed by atoms with E-state index in [4.69, 9.17) is 8.85 Å². The van der Waals surface area contributed by atoms with Gasteiger partial charge >= 0.3 is 0 Å². The third kappa shape index (κ3) is 6.90. The molecule has 40 heavy (non-hydrogen) atoms. The fourth-order valence-electron chi connectivity index (χ4n) is 3.69. The summed E-state index contributed by atoms with van der Waals surface area (Å²) in [6, 6.07) is 9.92. The molecule has 0 bridgehead atoms. The Morgan fingerprint density at radius 1 is 0.950 bits per heavy atom. The van der Waals surface area contributed by atoms with E-state index in [-0.39, 0.29) is 28.0 Å². The molecule has 1 aliphatic rings. The van der Waals surface area contributed by atoms with Crippen molar-refractivity contribution in [1.82, 2.24) is 0 Å². The number of fused-ring (bicyclic) bond motifs is 1. The summed E-state index contributed by atoms with van der Waals surface area (Å²) >= 11 is 0. The number of amides is 1. The van der Waals surface area contributed by atoms with Crippen LogP contribution in [0, 0.1) is 16.0 Å². The fourth-order valence-corrected chi connectivity index (χ4v) is 5.73. The molecule has 1 aliphatic heterocycles. The Kier molecular flexibility index (Phi) is 8.58. The average Bonchev–Trinajstić information content (AvgIpc) is 2.81. The molecule has 8 nitrogen and oxygen atoms in total. The predicted molar refractivity (Wildman–Crippen MR) is 165 cm³/mol. The van der Waals surface area contributed by atoms with Crippen LogP contribution in [0.4, 0.5) is 11.4 Å². The van der Waals surface area contributed by atoms with E-state index in [2.05, 4.69) is 73.0 Å². The Hall–Kier alpha value is -3.25. The summed E-state index contributed by atoms with van der Waals surface area (Å²) in [4.78, 5) is 36.4. The van der Waals surface area contributed by atoms with Crippen LogP contribution in [0.1, 0.15) is 52.7 Å². The van der Waals surface area contributed by atoms with Gasteiger partial charge in [-0.2, -0.15) is 0 Å². The highest BCUT2D eigenvalue weighted by Gasteiger charge is 2.42. The van der Waals surface area contributed by atoms with E-state index in [1.54, 1.807) is 6.08 Å². The summed E-state index contributed by atoms with van der Waals surface area (Å²) in [5, 5.41) is 13.9. The van der Waals surface area contributed by atoms with Gasteiger partial charge in [0.05, 0.1) is 4.92 Å². The van der Waals surface area contributed by atoms with Crippen LogP contribution in [-0.4, -0.2) is 33.2 Å². The van der Waals surface area contributed by atoms with Crippen molar-refractivity contribution in [3.63, 3.8) is 0 Å². The van der Waals surface area contributed by atoms with Gasteiger partial charge in [0, 0.05) is 17.8 Å². The first-order valence-electron chi connectivity index (χ1n) is 13.5. The molecule has 2 aromatic carbocycles. The van der Waals surface area contributed by atoms with Crippen LogP contribution in [0.2, 0.25) is 36.3 Å². The fraction of sp³-hybridized carbons (Fsp3) is 0.467. The molecule has 1 heterocycles. The van der Waals surface area contributed by atoms with E-state index in [1.165, 1.54) is 24.3 Å². The molecule has 0 aliphatic carbocycles. The smallest absolute Gasteiger partial charge is 0.269 e. The normalized spacial score (nSPS) is 16.4. The third-order valence-corrected chi connectivity index (χ3v) is 17.1. The number of carbonyl (C=O) groups is 2. The number of nitro benzene ring substituents is 1. The highest BCUT2D eigenvalue weighted by Crippen LogP contribution is 2.44. The first-order valence-corrected chi connectivity index (χ1v) is 19.4. The lowest BCUT2D eigenvalue weighted by atomic mass is 9.89. The Bertz CT molecular complexity index is 1350. The van der Waals surface area contributed by atoms with Crippen LogP contribution in [0.3, 0.4) is 0 Å². The number of benzene rings is 2. The number of nitrogens with one attached hydrogen (secondary N) is 1. The first kappa shape index (κ1) is 31.3. The first-order chi connectivity index (χ1) is 18.2. The van der Waals surface area contributed by atoms with Gasteiger partial charge < -0.3 is 14.2 Å². The van der Waals surface area contributed by atoms with Gasteiger partial charge in [0.15, 0.2) is 5.78 Å². The zero-order chi connectivity index (χ0) is 30.3. The summed E-state index contributed by atoms with van der Waals surface area (Å²) in [7, 11) is -4.35. The molecule has 0 aromatic heterocycles. The van der Waals surface area contributed by atoms with E-state index in [1.807, 2.05) is 18.2 Å². The van der Waals surface area contributed by atoms with Gasteiger partial charge in [-0.25, -0.2) is 0 Å². The van der Waals surface area contributed by atoms with Crippen molar-refractivity contribution in [1.29, 1.82) is 0 Å². The maximum atomic E-state index is 13.1. The predicted octanol–water partition coefficient (Wildman–Crippen LogP) is 7.76. The molecule has 1 unspecified atom stereocenters. The molecule has 0 radical (unpaired) electrons. The summed E-state index contributed by atoms with van der Waals surface area (Å²) in [5.41, 5.74) is 1.73. The second kappa shape index (κ2) is 11.0. The number of ketones is 1. The van der Waals surface area contributed by atoms with Crippen molar-refractivity contribution in [3.8, 4) is 11.5 Å². The Balaban J connectivity index is 1.90. The van der Waals surface area contributed by atoms with Gasteiger partial charge in [0.1, 0.15) is 17.4 Å². The maximum Gasteiger partial charge on any atom is 0.269 e. The van der Waals surface area contributed by atoms with Gasteiger partial charge in [-0.15, -0.1) is 0 Å². The number of non-ortho nitro benzene ring substituents is 1. The quantitative estimate of drug-likeness (QED) is 0.112. The zero-order valence-corrected chi connectivity index (χ0v) is 27.3. The molecule has 216 valence electrons. The van der Waals surface area contributed by atoms with Crippen molar-refractivity contribution < 1.29 is 23.4 Å². The SMILES string of the molecule is CC(C)(C)[Si](C)(C)Oc1ccc(C=CC(=O)C2Cc3cc([N+](=O)[O-])ccc3NC2=O)cc1O[Si](C)(C)C(C)(C)C. The number of nitro groups is 1. The van der Waals surface area contributed by atoms with Crippen molar-refractivity contribution in [2.75, 3.05) is 5.32 Å². The molecule has 0 fully saturated rings. The number of nitrogens with zero attached hydrogens (tertiary/aromatic N) is 1. The Morgan fingerprint density at radius 2 is 1.52 bits per heavy atom. The van der Waals surface area contributed by atoms with E-state index in [0.29, 0.717) is 22.7 Å². The molecule has 0 saturated carbocycles. The lowest BCUT2D eigenvalue weighted by molar-refractivity contribution is -0.384. The van der Waals surface area contributed by atoms with Gasteiger partial charge in [0.25, 0.3) is 22.3 Å². The number of hydrogen-bond donors (Lipinski definition) is 1. The van der Waals surface area contributed by atoms with Gasteiger partial charge in [-0.3, -0.25) is 19.7 Å². The molecule has 3 rings (SSSR count). The minimum absolute atomic E-state index is 0.00581. The summed E-state index contributed by atoms with van der Waals surface area (Å²) in [6.45, 7) is 21.8. The summed E-state index contributed by atoms with van der Waals surface area (Å²) < 4.78 is 13.4. The maximum absolute atomic E-state index is 13.1. The number of anilines is 1. The van der Waals surface area contributed by atoms with Crippen molar-refractivity contribution in [3.05, 3.63) is 63.7 Å². The minimum Gasteiger partial charge on any atom is -0.541 e. The monoisotopic (exact) mass is 582 g/mol. The molecule has 0 saturated heterocycles. The lowest BCUT2D eigenvalue weighted by Gasteiger charge is -2.39. The number of rotatable bonds is 8. The second-order valence-corrected chi connectivity index (χ2v) is 23.0. The largest absolute Gasteiger partial charge is 0.541 e. The second-order valence-electron chi connectivity index (χ2n) is 13.5. The van der Waals surface area contributed by atoms with Crippen LogP contribution < -0.4 is 14.2 Å².